The van der Waals surface area contributed by atoms with Gasteiger partial charge in [0.1, 0.15) is 0 Å². The molecule has 0 aromatic heterocycles. The zero-order chi connectivity index (χ0) is 12.8. The predicted molar refractivity (Wildman–Crippen MR) is 60.4 cm³/mol. The summed E-state index contributed by atoms with van der Waals surface area (Å²) in [5.74, 6) is -0.400. The lowest BCUT2D eigenvalue weighted by molar-refractivity contribution is 0.0888. The highest BCUT2D eigenvalue weighted by atomic mass is 19.3. The third-order valence-electron chi connectivity index (χ3n) is 2.00. The highest BCUT2D eigenvalue weighted by Crippen LogP contribution is 2.26. The average Bonchev–Trinajstić information content (AvgIpc) is 2.29. The topological polar surface area (TPSA) is 64.3 Å². The van der Waals surface area contributed by atoms with Crippen LogP contribution in [0.15, 0.2) is 18.2 Å². The molecule has 94 valence electrons. The molecule has 1 amide bonds. The molecule has 0 saturated carbocycles. The maximum absolute atomic E-state index is 12.0. The van der Waals surface area contributed by atoms with Gasteiger partial charge in [-0.05, 0) is 19.1 Å². The number of amides is 1. The summed E-state index contributed by atoms with van der Waals surface area (Å²) in [6, 6.07) is 4.62. The standard InChI is InChI=1S/C11H14F2N2O2/c1-2-17-10-7(4-3-5-8(10)14)11(16)15-6-9(12)13/h3-5,9H,2,6,14H2,1H3,(H,15,16). The van der Waals surface area contributed by atoms with Crippen molar-refractivity contribution in [1.82, 2.24) is 5.32 Å². The van der Waals surface area contributed by atoms with E-state index >= 15 is 0 Å². The number of halogens is 2. The number of ether oxygens (including phenoxy) is 1. The molecule has 0 heterocycles. The molecule has 0 aliphatic carbocycles. The van der Waals surface area contributed by atoms with Crippen molar-refractivity contribution < 1.29 is 18.3 Å². The van der Waals surface area contributed by atoms with Gasteiger partial charge in [0.05, 0.1) is 24.4 Å². The molecular formula is C11H14F2N2O2. The van der Waals surface area contributed by atoms with Crippen molar-refractivity contribution >= 4 is 11.6 Å². The zero-order valence-corrected chi connectivity index (χ0v) is 9.37. The van der Waals surface area contributed by atoms with Crippen molar-refractivity contribution in [3.8, 4) is 5.75 Å². The first-order valence-electron chi connectivity index (χ1n) is 5.13. The molecule has 17 heavy (non-hydrogen) atoms. The molecule has 0 unspecified atom stereocenters. The fraction of sp³-hybridized carbons (Fsp3) is 0.364. The van der Waals surface area contributed by atoms with Gasteiger partial charge in [0.25, 0.3) is 12.3 Å². The molecule has 0 fully saturated rings. The van der Waals surface area contributed by atoms with E-state index in [2.05, 4.69) is 5.32 Å². The lowest BCUT2D eigenvalue weighted by atomic mass is 10.1. The van der Waals surface area contributed by atoms with Gasteiger partial charge < -0.3 is 15.8 Å². The first kappa shape index (κ1) is 13.2. The molecular weight excluding hydrogens is 230 g/mol. The summed E-state index contributed by atoms with van der Waals surface area (Å²) in [6.07, 6.45) is -2.59. The quantitative estimate of drug-likeness (QED) is 0.774. The molecule has 0 bridgehead atoms. The van der Waals surface area contributed by atoms with E-state index in [0.717, 1.165) is 0 Å². The smallest absolute Gasteiger partial charge is 0.255 e. The van der Waals surface area contributed by atoms with Crippen LogP contribution in [0.3, 0.4) is 0 Å². The van der Waals surface area contributed by atoms with Gasteiger partial charge in [0.15, 0.2) is 5.75 Å². The Morgan fingerprint density at radius 2 is 2.24 bits per heavy atom. The minimum atomic E-state index is -2.59. The third-order valence-corrected chi connectivity index (χ3v) is 2.00. The van der Waals surface area contributed by atoms with Crippen LogP contribution in [0.4, 0.5) is 14.5 Å². The Hall–Kier alpha value is -1.85. The molecule has 0 aliphatic rings. The van der Waals surface area contributed by atoms with Crippen molar-refractivity contribution in [2.45, 2.75) is 13.3 Å². The Kier molecular flexibility index (Phi) is 4.68. The van der Waals surface area contributed by atoms with E-state index in [1.54, 1.807) is 19.1 Å². The highest BCUT2D eigenvalue weighted by molar-refractivity contribution is 5.98. The van der Waals surface area contributed by atoms with Crippen molar-refractivity contribution in [3.05, 3.63) is 23.8 Å². The van der Waals surface area contributed by atoms with Crippen LogP contribution < -0.4 is 15.8 Å². The second kappa shape index (κ2) is 6.03. The highest BCUT2D eigenvalue weighted by Gasteiger charge is 2.15. The van der Waals surface area contributed by atoms with Crippen LogP contribution in [0, 0.1) is 0 Å². The number of nitrogen functional groups attached to an aromatic ring is 1. The van der Waals surface area contributed by atoms with E-state index in [4.69, 9.17) is 10.5 Å². The Labute approximate surface area is 97.8 Å². The largest absolute Gasteiger partial charge is 0.491 e. The van der Waals surface area contributed by atoms with Gasteiger partial charge in [-0.1, -0.05) is 6.07 Å². The summed E-state index contributed by atoms with van der Waals surface area (Å²) in [5, 5.41) is 2.10. The Morgan fingerprint density at radius 1 is 1.53 bits per heavy atom. The fourth-order valence-electron chi connectivity index (χ4n) is 1.30. The lowest BCUT2D eigenvalue weighted by Gasteiger charge is -2.12. The number of nitrogens with one attached hydrogen (secondary N) is 1. The van der Waals surface area contributed by atoms with Crippen LogP contribution >= 0.6 is 0 Å². The van der Waals surface area contributed by atoms with E-state index in [-0.39, 0.29) is 11.3 Å². The molecule has 1 aromatic rings. The Balaban J connectivity index is 2.88. The number of para-hydroxylation sites is 1. The van der Waals surface area contributed by atoms with E-state index in [9.17, 15) is 13.6 Å². The van der Waals surface area contributed by atoms with Crippen molar-refractivity contribution in [2.24, 2.45) is 0 Å². The van der Waals surface area contributed by atoms with Crippen LogP contribution in [0.25, 0.3) is 0 Å². The van der Waals surface area contributed by atoms with Crippen molar-refractivity contribution in [1.29, 1.82) is 0 Å². The molecule has 3 N–H and O–H groups in total. The summed E-state index contributed by atoms with van der Waals surface area (Å²) in [6.45, 7) is 1.38. The molecule has 0 aliphatic heterocycles. The summed E-state index contributed by atoms with van der Waals surface area (Å²) < 4.78 is 29.2. The van der Waals surface area contributed by atoms with Crippen LogP contribution in [-0.4, -0.2) is 25.5 Å². The van der Waals surface area contributed by atoms with Crippen LogP contribution in [-0.2, 0) is 0 Å². The van der Waals surface area contributed by atoms with E-state index in [1.165, 1.54) is 6.07 Å². The molecule has 0 saturated heterocycles. The number of carbonyl (C=O) groups excluding carboxylic acids is 1. The lowest BCUT2D eigenvalue weighted by Crippen LogP contribution is -2.29. The van der Waals surface area contributed by atoms with Gasteiger partial charge in [-0.3, -0.25) is 4.79 Å². The zero-order valence-electron chi connectivity index (χ0n) is 9.37. The number of carbonyl (C=O) groups is 1. The number of nitrogens with two attached hydrogens (primary N) is 1. The molecule has 0 spiro atoms. The van der Waals surface area contributed by atoms with Crippen LogP contribution in [0.2, 0.25) is 0 Å². The molecule has 6 heteroatoms. The number of anilines is 1. The number of rotatable bonds is 5. The van der Waals surface area contributed by atoms with Crippen molar-refractivity contribution in [3.63, 3.8) is 0 Å². The Morgan fingerprint density at radius 3 is 2.82 bits per heavy atom. The molecule has 0 radical (unpaired) electrons. The number of hydrogen-bond donors (Lipinski definition) is 2. The second-order valence-corrected chi connectivity index (χ2v) is 3.26. The number of hydrogen-bond acceptors (Lipinski definition) is 3. The minimum Gasteiger partial charge on any atom is -0.491 e. The fourth-order valence-corrected chi connectivity index (χ4v) is 1.30. The summed E-state index contributed by atoms with van der Waals surface area (Å²) in [4.78, 5) is 11.6. The molecule has 0 atom stereocenters. The summed E-state index contributed by atoms with van der Waals surface area (Å²) in [7, 11) is 0. The Bertz CT molecular complexity index is 397. The van der Waals surface area contributed by atoms with E-state index < -0.39 is 18.9 Å². The monoisotopic (exact) mass is 244 g/mol. The minimum absolute atomic E-state index is 0.160. The summed E-state index contributed by atoms with van der Waals surface area (Å²) >= 11 is 0. The molecule has 4 nitrogen and oxygen atoms in total. The molecule has 1 aromatic carbocycles. The van der Waals surface area contributed by atoms with Crippen LogP contribution in [0.5, 0.6) is 5.75 Å². The van der Waals surface area contributed by atoms with Crippen molar-refractivity contribution in [2.75, 3.05) is 18.9 Å². The maximum atomic E-state index is 12.0. The predicted octanol–water partition coefficient (Wildman–Crippen LogP) is 1.66. The van der Waals surface area contributed by atoms with Gasteiger partial charge in [-0.2, -0.15) is 0 Å². The van der Waals surface area contributed by atoms with Gasteiger partial charge in [0, 0.05) is 0 Å². The summed E-state index contributed by atoms with van der Waals surface area (Å²) in [5.41, 5.74) is 6.11. The van der Waals surface area contributed by atoms with Gasteiger partial charge in [-0.25, -0.2) is 8.78 Å². The van der Waals surface area contributed by atoms with Gasteiger partial charge in [0.2, 0.25) is 0 Å². The third kappa shape index (κ3) is 3.58. The number of benzene rings is 1. The normalized spacial score (nSPS) is 10.4. The average molecular weight is 244 g/mol. The first-order chi connectivity index (χ1) is 8.06. The van der Waals surface area contributed by atoms with Crippen LogP contribution in [0.1, 0.15) is 17.3 Å². The van der Waals surface area contributed by atoms with Gasteiger partial charge >= 0.3 is 0 Å². The SMILES string of the molecule is CCOc1c(N)cccc1C(=O)NCC(F)F. The molecule has 1 rings (SSSR count). The van der Waals surface area contributed by atoms with E-state index in [0.29, 0.717) is 12.3 Å². The second-order valence-electron chi connectivity index (χ2n) is 3.26. The van der Waals surface area contributed by atoms with E-state index in [1.807, 2.05) is 0 Å². The maximum Gasteiger partial charge on any atom is 0.255 e. The number of alkyl halides is 2. The first-order valence-corrected chi connectivity index (χ1v) is 5.13. The van der Waals surface area contributed by atoms with Gasteiger partial charge in [-0.15, -0.1) is 0 Å².